The highest BCUT2D eigenvalue weighted by atomic mass is 35.5. The second-order valence-corrected chi connectivity index (χ2v) is 9.03. The summed E-state index contributed by atoms with van der Waals surface area (Å²) in [5, 5.41) is 3.59. The average Bonchev–Trinajstić information content (AvgIpc) is 2.86. The predicted octanol–water partition coefficient (Wildman–Crippen LogP) is 1.91. The van der Waals surface area contributed by atoms with E-state index in [1.807, 2.05) is 12.1 Å². The Bertz CT molecular complexity index is 708. The van der Waals surface area contributed by atoms with E-state index >= 15 is 0 Å². The Morgan fingerprint density at radius 2 is 1.92 bits per heavy atom. The van der Waals surface area contributed by atoms with Crippen LogP contribution >= 0.6 is 11.6 Å². The van der Waals surface area contributed by atoms with Gasteiger partial charge in [0.15, 0.2) is 0 Å². The Hall–Kier alpha value is -1.31. The summed E-state index contributed by atoms with van der Waals surface area (Å²) in [6.45, 7) is 1.95. The van der Waals surface area contributed by atoms with Crippen molar-refractivity contribution < 1.29 is 13.2 Å². The molecule has 3 fully saturated rings. The van der Waals surface area contributed by atoms with Crippen molar-refractivity contribution in [1.82, 2.24) is 14.5 Å². The summed E-state index contributed by atoms with van der Waals surface area (Å²) in [5.74, 6) is 0.208. The topological polar surface area (TPSA) is 69.7 Å². The lowest BCUT2D eigenvalue weighted by Crippen LogP contribution is -2.51. The molecule has 2 atom stereocenters. The number of fused-ring (bicyclic) bond motifs is 4. The Balaban J connectivity index is 1.64. The molecule has 3 aliphatic rings. The lowest BCUT2D eigenvalue weighted by Gasteiger charge is -2.36. The van der Waals surface area contributed by atoms with Crippen molar-refractivity contribution in [2.45, 2.75) is 25.4 Å². The van der Waals surface area contributed by atoms with E-state index in [1.165, 1.54) is 10.6 Å². The molecule has 0 unspecified atom stereocenters. The van der Waals surface area contributed by atoms with Gasteiger partial charge in [0.25, 0.3) is 0 Å². The number of urea groups is 1. The molecule has 24 heavy (non-hydrogen) atoms. The van der Waals surface area contributed by atoms with Crippen LogP contribution in [0.1, 0.15) is 18.4 Å². The van der Waals surface area contributed by atoms with E-state index in [1.54, 1.807) is 17.0 Å². The molecule has 0 aliphatic carbocycles. The van der Waals surface area contributed by atoms with E-state index < -0.39 is 10.0 Å². The number of piperidine rings is 1. The molecule has 0 spiro atoms. The number of rotatable bonds is 3. The van der Waals surface area contributed by atoms with Gasteiger partial charge in [0.1, 0.15) is 0 Å². The van der Waals surface area contributed by atoms with Crippen molar-refractivity contribution in [3.8, 4) is 0 Å². The summed E-state index contributed by atoms with van der Waals surface area (Å²) in [5.41, 5.74) is 0.977. The van der Waals surface area contributed by atoms with Crippen LogP contribution in [0.4, 0.5) is 4.79 Å². The highest BCUT2D eigenvalue weighted by Gasteiger charge is 2.39. The molecule has 0 saturated carbocycles. The number of nitrogens with one attached hydrogen (secondary N) is 1. The molecule has 3 aliphatic heterocycles. The summed E-state index contributed by atoms with van der Waals surface area (Å²) < 4.78 is 25.3. The first-order chi connectivity index (χ1) is 11.3. The molecule has 3 heterocycles. The van der Waals surface area contributed by atoms with Crippen molar-refractivity contribution in [1.29, 1.82) is 0 Å². The van der Waals surface area contributed by atoms with Crippen LogP contribution < -0.4 is 5.32 Å². The van der Waals surface area contributed by atoms with Crippen LogP contribution in [0.5, 0.6) is 0 Å². The smallest absolute Gasteiger partial charge is 0.317 e. The van der Waals surface area contributed by atoms with Crippen LogP contribution in [0.3, 0.4) is 0 Å². The van der Waals surface area contributed by atoms with E-state index in [-0.39, 0.29) is 18.0 Å². The molecular weight excluding hydrogens is 350 g/mol. The molecule has 6 nitrogen and oxygen atoms in total. The van der Waals surface area contributed by atoms with Gasteiger partial charge in [0, 0.05) is 37.2 Å². The Morgan fingerprint density at radius 1 is 1.21 bits per heavy atom. The van der Waals surface area contributed by atoms with E-state index in [9.17, 15) is 13.2 Å². The number of carbonyl (C=O) groups excluding carboxylic acids is 1. The molecule has 8 heteroatoms. The van der Waals surface area contributed by atoms with Crippen molar-refractivity contribution in [3.63, 3.8) is 0 Å². The third-order valence-electron chi connectivity index (χ3n) is 4.77. The zero-order chi connectivity index (χ0) is 17.3. The number of sulfonamides is 1. The van der Waals surface area contributed by atoms with Crippen LogP contribution in [0.15, 0.2) is 24.3 Å². The quantitative estimate of drug-likeness (QED) is 0.882. The molecule has 2 bridgehead atoms. The predicted molar refractivity (Wildman–Crippen MR) is 93.3 cm³/mol. The summed E-state index contributed by atoms with van der Waals surface area (Å²) in [6, 6.07) is 7.16. The standard InChI is InChI=1S/C16H22ClN3O3S/c1-24(22,23)19-9-13-4-7-15(11-19)20(10-13)16(21)18-8-12-2-5-14(17)6-3-12/h2-3,5-6,13,15H,4,7-11H2,1H3,(H,18,21)/t13-,15+/m1/s1. The molecule has 0 aromatic heterocycles. The first kappa shape index (κ1) is 17.5. The van der Waals surface area contributed by atoms with Gasteiger partial charge in [0.05, 0.1) is 6.26 Å². The Labute approximate surface area is 147 Å². The fraction of sp³-hybridized carbons (Fsp3) is 0.562. The van der Waals surface area contributed by atoms with Gasteiger partial charge in [-0.25, -0.2) is 13.2 Å². The van der Waals surface area contributed by atoms with Gasteiger partial charge in [-0.3, -0.25) is 0 Å². The average molecular weight is 372 g/mol. The maximum absolute atomic E-state index is 12.6. The molecule has 1 aromatic carbocycles. The van der Waals surface area contributed by atoms with Crippen molar-refractivity contribution in [2.75, 3.05) is 25.9 Å². The largest absolute Gasteiger partial charge is 0.334 e. The number of amides is 2. The molecule has 1 aromatic rings. The first-order valence-corrected chi connectivity index (χ1v) is 10.3. The van der Waals surface area contributed by atoms with Crippen molar-refractivity contribution in [3.05, 3.63) is 34.9 Å². The molecule has 2 amide bonds. The maximum atomic E-state index is 12.6. The van der Waals surface area contributed by atoms with Gasteiger partial charge in [-0.15, -0.1) is 0 Å². The van der Waals surface area contributed by atoms with E-state index in [4.69, 9.17) is 11.6 Å². The van der Waals surface area contributed by atoms with Crippen LogP contribution in [0, 0.1) is 5.92 Å². The lowest BCUT2D eigenvalue weighted by atomic mass is 9.95. The monoisotopic (exact) mass is 371 g/mol. The van der Waals surface area contributed by atoms with Gasteiger partial charge in [-0.2, -0.15) is 4.31 Å². The van der Waals surface area contributed by atoms with Gasteiger partial charge in [-0.05, 0) is 36.5 Å². The molecule has 3 saturated heterocycles. The molecule has 132 valence electrons. The highest BCUT2D eigenvalue weighted by molar-refractivity contribution is 7.88. The summed E-state index contributed by atoms with van der Waals surface area (Å²) in [6.07, 6.45) is 3.06. The van der Waals surface area contributed by atoms with Crippen LogP contribution in [0.2, 0.25) is 5.02 Å². The number of halogens is 1. The molecule has 4 rings (SSSR count). The van der Waals surface area contributed by atoms with Gasteiger partial charge in [0.2, 0.25) is 10.0 Å². The van der Waals surface area contributed by atoms with Crippen molar-refractivity contribution in [2.24, 2.45) is 5.92 Å². The van der Waals surface area contributed by atoms with E-state index in [0.717, 1.165) is 18.4 Å². The van der Waals surface area contributed by atoms with Crippen LogP contribution in [0.25, 0.3) is 0 Å². The van der Waals surface area contributed by atoms with E-state index in [0.29, 0.717) is 31.2 Å². The Kier molecular flexibility index (Phi) is 5.03. The highest BCUT2D eigenvalue weighted by Crippen LogP contribution is 2.29. The van der Waals surface area contributed by atoms with Crippen LogP contribution in [-0.4, -0.2) is 55.6 Å². The van der Waals surface area contributed by atoms with Gasteiger partial charge in [-0.1, -0.05) is 23.7 Å². The zero-order valence-electron chi connectivity index (χ0n) is 13.6. The van der Waals surface area contributed by atoms with Crippen molar-refractivity contribution >= 4 is 27.7 Å². The summed E-state index contributed by atoms with van der Waals surface area (Å²) in [7, 11) is -3.22. The summed E-state index contributed by atoms with van der Waals surface area (Å²) in [4.78, 5) is 14.4. The molecule has 1 N–H and O–H groups in total. The zero-order valence-corrected chi connectivity index (χ0v) is 15.2. The third kappa shape index (κ3) is 4.02. The lowest BCUT2D eigenvalue weighted by molar-refractivity contribution is 0.141. The number of nitrogens with zero attached hydrogens (tertiary/aromatic N) is 2. The second-order valence-electron chi connectivity index (χ2n) is 6.61. The van der Waals surface area contributed by atoms with E-state index in [2.05, 4.69) is 5.32 Å². The molecular formula is C16H22ClN3O3S. The minimum absolute atomic E-state index is 0.0521. The van der Waals surface area contributed by atoms with Crippen LogP contribution in [-0.2, 0) is 16.6 Å². The number of hydrogen-bond acceptors (Lipinski definition) is 3. The fourth-order valence-corrected chi connectivity index (χ4v) is 4.49. The minimum atomic E-state index is -3.22. The maximum Gasteiger partial charge on any atom is 0.317 e. The number of carbonyl (C=O) groups is 1. The first-order valence-electron chi connectivity index (χ1n) is 8.07. The van der Waals surface area contributed by atoms with Gasteiger partial charge < -0.3 is 10.2 Å². The third-order valence-corrected chi connectivity index (χ3v) is 6.26. The second kappa shape index (κ2) is 6.90. The SMILES string of the molecule is CS(=O)(=O)N1C[C@H]2CC[C@@H](C1)N(C(=O)NCc1ccc(Cl)cc1)C2. The minimum Gasteiger partial charge on any atom is -0.334 e. The fourth-order valence-electron chi connectivity index (χ4n) is 3.44. The van der Waals surface area contributed by atoms with Gasteiger partial charge >= 0.3 is 6.03 Å². The number of benzene rings is 1. The Morgan fingerprint density at radius 3 is 2.58 bits per heavy atom. The summed E-state index contributed by atoms with van der Waals surface area (Å²) >= 11 is 5.86. The molecule has 0 radical (unpaired) electrons. The number of hydrogen-bond donors (Lipinski definition) is 1. The normalized spacial score (nSPS) is 24.7.